The highest BCUT2D eigenvalue weighted by Gasteiger charge is 2.12. The number of carbonyl (C=O) groups is 1. The van der Waals surface area contributed by atoms with Gasteiger partial charge >= 0.3 is 0 Å². The molecule has 0 saturated carbocycles. The Hall–Kier alpha value is -3.07. The number of hydrazine groups is 1. The van der Waals surface area contributed by atoms with Gasteiger partial charge < -0.3 is 0 Å². The van der Waals surface area contributed by atoms with E-state index >= 15 is 0 Å². The zero-order valence-corrected chi connectivity index (χ0v) is 15.5. The number of amides is 1. The number of hydrogen-bond acceptors (Lipinski definition) is 6. The lowest BCUT2D eigenvalue weighted by Gasteiger charge is -2.10. The second kappa shape index (κ2) is 7.44. The zero-order chi connectivity index (χ0) is 18.7. The van der Waals surface area contributed by atoms with Crippen molar-refractivity contribution >= 4 is 24.1 Å². The standard InChI is InChI=1S/C17H19N7OS/c1-10-4-6-13(7-5-10)15-21-23-17(26)24(15)9-14(25)20-22-16-18-11(2)8-12(3)19-16/h4-8H,9H2,1-3H3,(H,20,25)(H,23,26)(H,18,19,22). The van der Waals surface area contributed by atoms with Gasteiger partial charge in [-0.05, 0) is 39.1 Å². The second-order valence-corrected chi connectivity index (χ2v) is 6.34. The Morgan fingerprint density at radius 1 is 1.15 bits per heavy atom. The van der Waals surface area contributed by atoms with Crippen LogP contribution in [0.1, 0.15) is 17.0 Å². The Balaban J connectivity index is 1.72. The lowest BCUT2D eigenvalue weighted by Crippen LogP contribution is -2.33. The van der Waals surface area contributed by atoms with Crippen LogP contribution < -0.4 is 10.9 Å². The van der Waals surface area contributed by atoms with E-state index in [0.717, 1.165) is 22.5 Å². The second-order valence-electron chi connectivity index (χ2n) is 5.95. The number of aromatic nitrogens is 5. The van der Waals surface area contributed by atoms with Crippen LogP contribution in [0.25, 0.3) is 11.4 Å². The number of nitrogens with one attached hydrogen (secondary N) is 3. The van der Waals surface area contributed by atoms with Crippen molar-refractivity contribution in [1.29, 1.82) is 0 Å². The molecular weight excluding hydrogens is 350 g/mol. The van der Waals surface area contributed by atoms with Crippen LogP contribution in [-0.2, 0) is 11.3 Å². The van der Waals surface area contributed by atoms with Gasteiger partial charge in [0.25, 0.3) is 5.91 Å². The van der Waals surface area contributed by atoms with Crippen molar-refractivity contribution in [3.8, 4) is 11.4 Å². The maximum atomic E-state index is 12.3. The first-order chi connectivity index (χ1) is 12.4. The number of nitrogens with zero attached hydrogens (tertiary/aromatic N) is 4. The molecule has 0 radical (unpaired) electrons. The van der Waals surface area contributed by atoms with Crippen molar-refractivity contribution in [2.24, 2.45) is 0 Å². The summed E-state index contributed by atoms with van der Waals surface area (Å²) >= 11 is 5.25. The summed E-state index contributed by atoms with van der Waals surface area (Å²) in [4.78, 5) is 20.7. The lowest BCUT2D eigenvalue weighted by atomic mass is 10.1. The zero-order valence-electron chi connectivity index (χ0n) is 14.7. The number of aryl methyl sites for hydroxylation is 3. The molecule has 26 heavy (non-hydrogen) atoms. The predicted molar refractivity (Wildman–Crippen MR) is 101 cm³/mol. The number of benzene rings is 1. The summed E-state index contributed by atoms with van der Waals surface area (Å²) in [6.45, 7) is 5.74. The van der Waals surface area contributed by atoms with Crippen LogP contribution in [0.15, 0.2) is 30.3 Å². The Morgan fingerprint density at radius 3 is 2.46 bits per heavy atom. The van der Waals surface area contributed by atoms with Gasteiger partial charge in [0.2, 0.25) is 5.95 Å². The van der Waals surface area contributed by atoms with Crippen LogP contribution in [0.3, 0.4) is 0 Å². The number of hydrogen-bond donors (Lipinski definition) is 3. The average Bonchev–Trinajstić information content (AvgIpc) is 2.94. The largest absolute Gasteiger partial charge is 0.291 e. The van der Waals surface area contributed by atoms with Gasteiger partial charge in [0.15, 0.2) is 10.6 Å². The molecule has 9 heteroatoms. The summed E-state index contributed by atoms with van der Waals surface area (Å²) in [7, 11) is 0. The number of aromatic amines is 1. The van der Waals surface area contributed by atoms with Crippen molar-refractivity contribution in [3.63, 3.8) is 0 Å². The van der Waals surface area contributed by atoms with Crippen molar-refractivity contribution < 1.29 is 4.79 Å². The molecule has 2 aromatic heterocycles. The van der Waals surface area contributed by atoms with E-state index in [1.54, 1.807) is 4.57 Å². The third-order valence-electron chi connectivity index (χ3n) is 3.67. The maximum absolute atomic E-state index is 12.3. The Labute approximate surface area is 155 Å². The fraction of sp³-hybridized carbons (Fsp3) is 0.235. The number of carbonyl (C=O) groups excluding carboxylic acids is 1. The van der Waals surface area contributed by atoms with Crippen molar-refractivity contribution in [3.05, 3.63) is 52.1 Å². The van der Waals surface area contributed by atoms with E-state index in [9.17, 15) is 4.79 Å². The van der Waals surface area contributed by atoms with Crippen molar-refractivity contribution in [1.82, 2.24) is 30.2 Å². The Bertz CT molecular complexity index is 971. The SMILES string of the molecule is Cc1ccc(-c2n[nH]c(=S)n2CC(=O)NNc2nc(C)cc(C)n2)cc1. The summed E-state index contributed by atoms with van der Waals surface area (Å²) in [5.41, 5.74) is 8.95. The van der Waals surface area contributed by atoms with E-state index in [4.69, 9.17) is 12.2 Å². The molecule has 134 valence electrons. The van der Waals surface area contributed by atoms with Crippen LogP contribution in [0.5, 0.6) is 0 Å². The van der Waals surface area contributed by atoms with Gasteiger partial charge in [0.1, 0.15) is 6.54 Å². The Morgan fingerprint density at radius 2 is 1.81 bits per heavy atom. The topological polar surface area (TPSA) is 101 Å². The summed E-state index contributed by atoms with van der Waals surface area (Å²) < 4.78 is 2.01. The molecule has 1 aromatic carbocycles. The molecular formula is C17H19N7OS. The molecule has 0 aliphatic carbocycles. The van der Waals surface area contributed by atoms with Gasteiger partial charge in [0.05, 0.1) is 0 Å². The van der Waals surface area contributed by atoms with Crippen LogP contribution in [-0.4, -0.2) is 30.6 Å². The first kappa shape index (κ1) is 17.7. The van der Waals surface area contributed by atoms with Gasteiger partial charge in [-0.25, -0.2) is 9.97 Å². The van der Waals surface area contributed by atoms with E-state index in [-0.39, 0.29) is 12.5 Å². The first-order valence-corrected chi connectivity index (χ1v) is 8.42. The van der Waals surface area contributed by atoms with Crippen LogP contribution in [0, 0.1) is 25.5 Å². The molecule has 8 nitrogen and oxygen atoms in total. The van der Waals surface area contributed by atoms with Crippen molar-refractivity contribution in [2.75, 3.05) is 5.43 Å². The molecule has 3 aromatic rings. The minimum Gasteiger partial charge on any atom is -0.291 e. The third kappa shape index (κ3) is 4.12. The molecule has 0 fully saturated rings. The smallest absolute Gasteiger partial charge is 0.258 e. The van der Waals surface area contributed by atoms with E-state index < -0.39 is 0 Å². The van der Waals surface area contributed by atoms with Gasteiger partial charge in [-0.2, -0.15) is 5.10 Å². The highest BCUT2D eigenvalue weighted by molar-refractivity contribution is 7.71. The number of H-pyrrole nitrogens is 1. The highest BCUT2D eigenvalue weighted by Crippen LogP contribution is 2.17. The third-order valence-corrected chi connectivity index (χ3v) is 3.98. The van der Waals surface area contributed by atoms with Crippen LogP contribution in [0.2, 0.25) is 0 Å². The van der Waals surface area contributed by atoms with E-state index in [1.165, 1.54) is 0 Å². The molecule has 0 aliphatic rings. The molecule has 3 rings (SSSR count). The van der Waals surface area contributed by atoms with E-state index in [2.05, 4.69) is 31.0 Å². The van der Waals surface area contributed by atoms with Gasteiger partial charge in [0, 0.05) is 17.0 Å². The average molecular weight is 369 g/mol. The highest BCUT2D eigenvalue weighted by atomic mass is 32.1. The molecule has 3 N–H and O–H groups in total. The monoisotopic (exact) mass is 369 g/mol. The maximum Gasteiger partial charge on any atom is 0.258 e. The Kier molecular flexibility index (Phi) is 5.08. The summed E-state index contributed by atoms with van der Waals surface area (Å²) in [5, 5.41) is 6.97. The summed E-state index contributed by atoms with van der Waals surface area (Å²) in [5.74, 6) is 0.650. The quantitative estimate of drug-likeness (QED) is 0.472. The molecule has 0 bridgehead atoms. The molecule has 2 heterocycles. The molecule has 0 unspecified atom stereocenters. The normalized spacial score (nSPS) is 10.6. The number of anilines is 1. The summed E-state index contributed by atoms with van der Waals surface area (Å²) in [6.07, 6.45) is 0. The van der Waals surface area contributed by atoms with Crippen LogP contribution >= 0.6 is 12.2 Å². The lowest BCUT2D eigenvalue weighted by molar-refractivity contribution is -0.121. The molecule has 1 amide bonds. The van der Waals surface area contributed by atoms with Crippen LogP contribution in [0.4, 0.5) is 5.95 Å². The molecule has 0 saturated heterocycles. The fourth-order valence-corrected chi connectivity index (χ4v) is 2.67. The minimum atomic E-state index is -0.293. The first-order valence-electron chi connectivity index (χ1n) is 8.02. The van der Waals surface area contributed by atoms with E-state index in [1.807, 2.05) is 51.1 Å². The van der Waals surface area contributed by atoms with Crippen molar-refractivity contribution in [2.45, 2.75) is 27.3 Å². The number of rotatable bonds is 5. The van der Waals surface area contributed by atoms with Gasteiger partial charge in [-0.15, -0.1) is 0 Å². The van der Waals surface area contributed by atoms with Gasteiger partial charge in [-0.1, -0.05) is 29.8 Å². The predicted octanol–water partition coefficient (Wildman–Crippen LogP) is 2.47. The summed E-state index contributed by atoms with van der Waals surface area (Å²) in [6, 6.07) is 9.70. The fourth-order valence-electron chi connectivity index (χ4n) is 2.48. The molecule has 0 aliphatic heterocycles. The van der Waals surface area contributed by atoms with Gasteiger partial charge in [-0.3, -0.25) is 25.3 Å². The van der Waals surface area contributed by atoms with E-state index in [0.29, 0.717) is 16.5 Å². The minimum absolute atomic E-state index is 0.0103. The molecule has 0 spiro atoms. The molecule has 0 atom stereocenters.